The minimum Gasteiger partial charge on any atom is -0.0654 e. The third-order valence-corrected chi connectivity index (χ3v) is 1.35. The topological polar surface area (TPSA) is 0 Å². The van der Waals surface area contributed by atoms with Crippen molar-refractivity contribution in [2.24, 2.45) is 0 Å². The molecule has 0 aromatic heterocycles. The summed E-state index contributed by atoms with van der Waals surface area (Å²) in [5, 5.41) is 0. The summed E-state index contributed by atoms with van der Waals surface area (Å²) >= 11 is 0. The van der Waals surface area contributed by atoms with Gasteiger partial charge in [0.15, 0.2) is 0 Å². The van der Waals surface area contributed by atoms with Gasteiger partial charge in [-0.2, -0.15) is 0 Å². The molecular weight excluding hydrogens is 84.1 g/mol. The van der Waals surface area contributed by atoms with Gasteiger partial charge in [-0.25, -0.2) is 0 Å². The molecule has 3 radical (unpaired) electrons. The van der Waals surface area contributed by atoms with Gasteiger partial charge in [0.1, 0.15) is 0 Å². The average molecular weight is 95.2 g/mol. The molecule has 0 nitrogen and oxygen atoms in total. The molecule has 1 rings (SSSR count). The highest BCUT2D eigenvalue weighted by Crippen LogP contribution is 2.31. The summed E-state index contributed by atoms with van der Waals surface area (Å²) < 4.78 is 0. The molecule has 0 saturated heterocycles. The zero-order valence-corrected chi connectivity index (χ0v) is 4.83. The van der Waals surface area contributed by atoms with E-state index in [0.717, 1.165) is 0 Å². The van der Waals surface area contributed by atoms with Gasteiger partial charge in [-0.3, -0.25) is 0 Å². The van der Waals surface area contributed by atoms with Crippen LogP contribution in [0.5, 0.6) is 0 Å². The minimum atomic E-state index is 1.22. The average Bonchev–Trinajstić information content (AvgIpc) is 1.55. The van der Waals surface area contributed by atoms with Crippen LogP contribution in [0.15, 0.2) is 0 Å². The van der Waals surface area contributed by atoms with Crippen LogP contribution in [0.1, 0.15) is 32.6 Å². The molecule has 1 fully saturated rings. The van der Waals surface area contributed by atoms with Gasteiger partial charge in [0.25, 0.3) is 0 Å². The Morgan fingerprint density at radius 2 is 2.43 bits per heavy atom. The second-order valence-electron chi connectivity index (χ2n) is 2.03. The van der Waals surface area contributed by atoms with Crippen LogP contribution in [0.4, 0.5) is 0 Å². The van der Waals surface area contributed by atoms with E-state index in [0.29, 0.717) is 0 Å². The fraction of sp³-hybridized carbons (Fsp3) is 0.714. The maximum absolute atomic E-state index is 3.26. The summed E-state index contributed by atoms with van der Waals surface area (Å²) in [5.41, 5.74) is 0. The van der Waals surface area contributed by atoms with E-state index in [1.165, 1.54) is 25.7 Å². The molecule has 7 heavy (non-hydrogen) atoms. The van der Waals surface area contributed by atoms with Crippen LogP contribution >= 0.6 is 0 Å². The summed E-state index contributed by atoms with van der Waals surface area (Å²) in [7, 11) is 0. The van der Waals surface area contributed by atoms with Gasteiger partial charge < -0.3 is 0 Å². The van der Waals surface area contributed by atoms with Gasteiger partial charge in [0.2, 0.25) is 0 Å². The third kappa shape index (κ3) is 1.19. The molecule has 1 saturated carbocycles. The Hall–Kier alpha value is 0. The van der Waals surface area contributed by atoms with E-state index in [4.69, 9.17) is 0 Å². The number of hydrogen-bond donors (Lipinski definition) is 0. The summed E-state index contributed by atoms with van der Waals surface area (Å²) in [6.45, 7) is 2.22. The zero-order valence-electron chi connectivity index (χ0n) is 4.83. The van der Waals surface area contributed by atoms with E-state index >= 15 is 0 Å². The fourth-order valence-corrected chi connectivity index (χ4v) is 0.817. The molecule has 39 valence electrons. The predicted molar refractivity (Wildman–Crippen MR) is 30.6 cm³/mol. The van der Waals surface area contributed by atoms with Gasteiger partial charge in [-0.05, 0) is 31.6 Å². The van der Waals surface area contributed by atoms with Crippen LogP contribution in [-0.2, 0) is 0 Å². The maximum Gasteiger partial charge on any atom is -0.00998 e. The van der Waals surface area contributed by atoms with Gasteiger partial charge in [-0.1, -0.05) is 13.3 Å². The minimum absolute atomic E-state index is 1.22. The van der Waals surface area contributed by atoms with Crippen LogP contribution in [0.3, 0.4) is 0 Å². The zero-order chi connectivity index (χ0) is 5.11. The van der Waals surface area contributed by atoms with Crippen molar-refractivity contribution < 1.29 is 0 Å². The first kappa shape index (κ1) is 5.14. The lowest BCUT2D eigenvalue weighted by molar-refractivity contribution is 0.617. The van der Waals surface area contributed by atoms with Gasteiger partial charge in [0.05, 0.1) is 0 Å². The van der Waals surface area contributed by atoms with Crippen molar-refractivity contribution in [3.63, 3.8) is 0 Å². The van der Waals surface area contributed by atoms with E-state index in [9.17, 15) is 0 Å². The first-order valence-corrected chi connectivity index (χ1v) is 3.02. The first-order valence-electron chi connectivity index (χ1n) is 3.02. The van der Waals surface area contributed by atoms with E-state index < -0.39 is 0 Å². The normalized spacial score (nSPS) is 21.9. The van der Waals surface area contributed by atoms with Crippen LogP contribution < -0.4 is 0 Å². The van der Waals surface area contributed by atoms with Gasteiger partial charge >= 0.3 is 0 Å². The molecule has 0 heterocycles. The molecule has 1 aliphatic carbocycles. The quantitative estimate of drug-likeness (QED) is 0.493. The van der Waals surface area contributed by atoms with Crippen molar-refractivity contribution >= 4 is 0 Å². The van der Waals surface area contributed by atoms with Crippen LogP contribution in [0.2, 0.25) is 0 Å². The summed E-state index contributed by atoms with van der Waals surface area (Å²) in [5.74, 6) is 1.56. The third-order valence-electron chi connectivity index (χ3n) is 1.35. The molecule has 0 heteroatoms. The lowest BCUT2D eigenvalue weighted by Gasteiger charge is -2.22. The molecular formula is C7H11. The number of hydrogen-bond acceptors (Lipinski definition) is 0. The van der Waals surface area contributed by atoms with Gasteiger partial charge in [0, 0.05) is 0 Å². The van der Waals surface area contributed by atoms with Crippen molar-refractivity contribution in [3.8, 4) is 0 Å². The Bertz CT molecular complexity index is 44.0. The molecule has 0 N–H and O–H groups in total. The highest BCUT2D eigenvalue weighted by molar-refractivity contribution is 5.12. The monoisotopic (exact) mass is 95.1 g/mol. The van der Waals surface area contributed by atoms with E-state index in [2.05, 4.69) is 13.3 Å². The second kappa shape index (κ2) is 2.34. The standard InChI is InChI=1S/C7H11/c1-2-4-7-5-3-6-7/h2-5H2,1H3. The lowest BCUT2D eigenvalue weighted by Crippen LogP contribution is -2.07. The summed E-state index contributed by atoms with van der Waals surface area (Å²) in [4.78, 5) is 0. The van der Waals surface area contributed by atoms with Crippen molar-refractivity contribution in [1.82, 2.24) is 0 Å². The van der Waals surface area contributed by atoms with E-state index in [1.54, 1.807) is 5.92 Å². The lowest BCUT2D eigenvalue weighted by atomic mass is 9.82. The molecule has 0 aliphatic heterocycles. The van der Waals surface area contributed by atoms with Crippen molar-refractivity contribution in [2.75, 3.05) is 0 Å². The maximum atomic E-state index is 3.26. The van der Waals surface area contributed by atoms with Crippen LogP contribution in [-0.4, -0.2) is 0 Å². The Balaban J connectivity index is 1.93. The Morgan fingerprint density at radius 3 is 2.57 bits per heavy atom. The first-order chi connectivity index (χ1) is 3.43. The predicted octanol–water partition coefficient (Wildman–Crippen LogP) is 2.24. The van der Waals surface area contributed by atoms with Gasteiger partial charge in [-0.15, -0.1) is 0 Å². The molecule has 0 atom stereocenters. The van der Waals surface area contributed by atoms with Crippen LogP contribution in [0, 0.1) is 12.3 Å². The molecule has 0 unspecified atom stereocenters. The smallest absolute Gasteiger partial charge is 0.00998 e. The summed E-state index contributed by atoms with van der Waals surface area (Å²) in [6, 6.07) is 0. The van der Waals surface area contributed by atoms with E-state index in [-0.39, 0.29) is 0 Å². The van der Waals surface area contributed by atoms with Crippen LogP contribution in [0.25, 0.3) is 0 Å². The Kier molecular flexibility index (Phi) is 1.72. The molecule has 0 bridgehead atoms. The highest BCUT2D eigenvalue weighted by atomic mass is 14.2. The van der Waals surface area contributed by atoms with Crippen molar-refractivity contribution in [1.29, 1.82) is 0 Å². The Morgan fingerprint density at radius 1 is 1.71 bits per heavy atom. The molecule has 0 amide bonds. The molecule has 0 spiro atoms. The van der Waals surface area contributed by atoms with Crippen molar-refractivity contribution in [3.05, 3.63) is 12.3 Å². The molecule has 0 aromatic rings. The van der Waals surface area contributed by atoms with E-state index in [1.807, 2.05) is 0 Å². The second-order valence-corrected chi connectivity index (χ2v) is 2.03. The SMILES string of the molecule is CCC[C]1[C]CC1. The summed E-state index contributed by atoms with van der Waals surface area (Å²) in [6.07, 6.45) is 8.39. The largest absolute Gasteiger partial charge is 0.0654 e. The molecule has 0 aromatic carbocycles. The highest BCUT2D eigenvalue weighted by Gasteiger charge is 2.16. The van der Waals surface area contributed by atoms with Crippen molar-refractivity contribution in [2.45, 2.75) is 32.6 Å². The number of rotatable bonds is 2. The fourth-order valence-electron chi connectivity index (χ4n) is 0.817. The molecule has 1 aliphatic rings. The Labute approximate surface area is 45.9 Å².